The van der Waals surface area contributed by atoms with E-state index in [1.54, 1.807) is 23.9 Å². The molecule has 0 saturated heterocycles. The Balaban J connectivity index is 1.92. The van der Waals surface area contributed by atoms with Crippen LogP contribution < -0.4 is 0 Å². The standard InChI is InChI=1S/C25H22O2S/c1-2-12-23(20-13-6-3-7-14-20)24(19-28-22-17-10-5-11-18-22)27-25(26)21-15-8-4-9-16-21/h2-11,13-19,23H,1,12H2/b24-19-. The molecule has 0 N–H and O–H groups in total. The van der Waals surface area contributed by atoms with Gasteiger partial charge < -0.3 is 4.74 Å². The van der Waals surface area contributed by atoms with Gasteiger partial charge in [0, 0.05) is 16.2 Å². The van der Waals surface area contributed by atoms with E-state index in [9.17, 15) is 4.79 Å². The molecular formula is C25H22O2S. The minimum atomic E-state index is -0.356. The maximum Gasteiger partial charge on any atom is 0.343 e. The summed E-state index contributed by atoms with van der Waals surface area (Å²) in [4.78, 5) is 13.8. The number of esters is 1. The van der Waals surface area contributed by atoms with Crippen LogP contribution in [-0.4, -0.2) is 5.97 Å². The van der Waals surface area contributed by atoms with Crippen LogP contribution in [0, 0.1) is 0 Å². The zero-order valence-electron chi connectivity index (χ0n) is 15.5. The molecule has 2 nitrogen and oxygen atoms in total. The summed E-state index contributed by atoms with van der Waals surface area (Å²) in [5, 5.41) is 1.93. The summed E-state index contributed by atoms with van der Waals surface area (Å²) in [7, 11) is 0. The Morgan fingerprint density at radius 3 is 2.07 bits per heavy atom. The SMILES string of the molecule is C=CCC(/C(=C/Sc1ccccc1)OC(=O)c1ccccc1)c1ccccc1. The van der Waals surface area contributed by atoms with Crippen LogP contribution >= 0.6 is 11.8 Å². The molecule has 0 saturated carbocycles. The number of thioether (sulfide) groups is 1. The summed E-state index contributed by atoms with van der Waals surface area (Å²) in [6.07, 6.45) is 2.53. The fraction of sp³-hybridized carbons (Fsp3) is 0.0800. The fourth-order valence-electron chi connectivity index (χ4n) is 2.81. The molecule has 0 radical (unpaired) electrons. The molecule has 0 aliphatic carbocycles. The van der Waals surface area contributed by atoms with Crippen molar-refractivity contribution in [2.75, 3.05) is 0 Å². The molecule has 3 aromatic carbocycles. The molecule has 0 heterocycles. The topological polar surface area (TPSA) is 26.3 Å². The van der Waals surface area contributed by atoms with E-state index in [-0.39, 0.29) is 11.9 Å². The van der Waals surface area contributed by atoms with Gasteiger partial charge in [0.2, 0.25) is 0 Å². The Morgan fingerprint density at radius 1 is 0.893 bits per heavy atom. The summed E-state index contributed by atoms with van der Waals surface area (Å²) in [6.45, 7) is 3.89. The van der Waals surface area contributed by atoms with Crippen LogP contribution in [0.2, 0.25) is 0 Å². The van der Waals surface area contributed by atoms with Crippen molar-refractivity contribution in [1.82, 2.24) is 0 Å². The highest BCUT2D eigenvalue weighted by molar-refractivity contribution is 8.02. The number of benzene rings is 3. The van der Waals surface area contributed by atoms with Gasteiger partial charge in [-0.3, -0.25) is 0 Å². The smallest absolute Gasteiger partial charge is 0.343 e. The lowest BCUT2D eigenvalue weighted by Gasteiger charge is -2.19. The zero-order valence-corrected chi connectivity index (χ0v) is 16.3. The Bertz CT molecular complexity index is 919. The van der Waals surface area contributed by atoms with Gasteiger partial charge in [0.05, 0.1) is 5.56 Å². The van der Waals surface area contributed by atoms with Gasteiger partial charge in [0.15, 0.2) is 0 Å². The molecule has 0 aliphatic rings. The number of hydrogen-bond donors (Lipinski definition) is 0. The van der Waals surface area contributed by atoms with Crippen LogP contribution in [-0.2, 0) is 4.74 Å². The third kappa shape index (κ3) is 5.48. The predicted octanol–water partition coefficient (Wildman–Crippen LogP) is 6.84. The van der Waals surface area contributed by atoms with Crippen molar-refractivity contribution in [3.63, 3.8) is 0 Å². The first kappa shape index (κ1) is 19.7. The molecule has 0 fully saturated rings. The van der Waals surface area contributed by atoms with Crippen molar-refractivity contribution in [3.05, 3.63) is 126 Å². The van der Waals surface area contributed by atoms with E-state index in [0.717, 1.165) is 10.5 Å². The van der Waals surface area contributed by atoms with Gasteiger partial charge in [0.25, 0.3) is 0 Å². The number of ether oxygens (including phenoxy) is 1. The number of carbonyl (C=O) groups excluding carboxylic acids is 1. The van der Waals surface area contributed by atoms with E-state index < -0.39 is 0 Å². The summed E-state index contributed by atoms with van der Waals surface area (Å²) >= 11 is 1.54. The first-order valence-electron chi connectivity index (χ1n) is 9.13. The molecule has 0 amide bonds. The second-order valence-corrected chi connectivity index (χ2v) is 7.14. The Kier molecular flexibility index (Phi) is 7.28. The number of rotatable bonds is 8. The van der Waals surface area contributed by atoms with E-state index in [1.807, 2.05) is 90.3 Å². The van der Waals surface area contributed by atoms with Crippen LogP contribution in [0.4, 0.5) is 0 Å². The van der Waals surface area contributed by atoms with Crippen molar-refractivity contribution in [1.29, 1.82) is 0 Å². The predicted molar refractivity (Wildman–Crippen MR) is 116 cm³/mol. The average Bonchev–Trinajstić information content (AvgIpc) is 2.77. The molecule has 28 heavy (non-hydrogen) atoms. The molecule has 0 aromatic heterocycles. The Labute approximate surface area is 170 Å². The molecule has 140 valence electrons. The molecule has 1 unspecified atom stereocenters. The minimum Gasteiger partial charge on any atom is -0.426 e. The van der Waals surface area contributed by atoms with Crippen molar-refractivity contribution >= 4 is 17.7 Å². The van der Waals surface area contributed by atoms with Gasteiger partial charge in [-0.2, -0.15) is 0 Å². The van der Waals surface area contributed by atoms with Gasteiger partial charge in [0.1, 0.15) is 5.76 Å². The van der Waals surface area contributed by atoms with Gasteiger partial charge in [-0.15, -0.1) is 6.58 Å². The quantitative estimate of drug-likeness (QED) is 0.183. The third-order valence-corrected chi connectivity index (χ3v) is 5.12. The Morgan fingerprint density at radius 2 is 1.46 bits per heavy atom. The fourth-order valence-corrected chi connectivity index (χ4v) is 3.59. The number of hydrogen-bond acceptors (Lipinski definition) is 3. The minimum absolute atomic E-state index is 0.0809. The largest absolute Gasteiger partial charge is 0.426 e. The van der Waals surface area contributed by atoms with Crippen molar-refractivity contribution < 1.29 is 9.53 Å². The molecular weight excluding hydrogens is 364 g/mol. The summed E-state index contributed by atoms with van der Waals surface area (Å²) in [5.74, 6) is 0.182. The highest BCUT2D eigenvalue weighted by Crippen LogP contribution is 2.33. The van der Waals surface area contributed by atoms with E-state index in [4.69, 9.17) is 4.74 Å². The highest BCUT2D eigenvalue weighted by Gasteiger charge is 2.21. The van der Waals surface area contributed by atoms with Crippen LogP contribution in [0.1, 0.15) is 28.3 Å². The second-order valence-electron chi connectivity index (χ2n) is 6.19. The molecule has 0 spiro atoms. The molecule has 3 aromatic rings. The van der Waals surface area contributed by atoms with Crippen LogP contribution in [0.25, 0.3) is 0 Å². The van der Waals surface area contributed by atoms with Crippen LogP contribution in [0.15, 0.2) is 120 Å². The van der Waals surface area contributed by atoms with Gasteiger partial charge >= 0.3 is 5.97 Å². The molecule has 0 bridgehead atoms. The first-order chi connectivity index (χ1) is 13.8. The maximum atomic E-state index is 12.7. The van der Waals surface area contributed by atoms with E-state index in [0.29, 0.717) is 17.7 Å². The van der Waals surface area contributed by atoms with E-state index in [2.05, 4.69) is 6.58 Å². The molecule has 3 heteroatoms. The molecule has 0 aliphatic heterocycles. The van der Waals surface area contributed by atoms with Crippen LogP contribution in [0.3, 0.4) is 0 Å². The first-order valence-corrected chi connectivity index (χ1v) is 10.0. The normalized spacial score (nSPS) is 12.2. The van der Waals surface area contributed by atoms with Gasteiger partial charge in [-0.05, 0) is 36.2 Å². The highest BCUT2D eigenvalue weighted by atomic mass is 32.2. The Hall–Kier alpha value is -3.04. The third-order valence-electron chi connectivity index (χ3n) is 4.22. The van der Waals surface area contributed by atoms with E-state index >= 15 is 0 Å². The monoisotopic (exact) mass is 386 g/mol. The maximum absolute atomic E-state index is 12.7. The van der Waals surface area contributed by atoms with Crippen molar-refractivity contribution in [2.24, 2.45) is 0 Å². The van der Waals surface area contributed by atoms with Gasteiger partial charge in [-0.25, -0.2) is 4.79 Å². The second kappa shape index (κ2) is 10.3. The lowest BCUT2D eigenvalue weighted by Crippen LogP contribution is -2.11. The van der Waals surface area contributed by atoms with E-state index in [1.165, 1.54) is 0 Å². The van der Waals surface area contributed by atoms with Gasteiger partial charge in [-0.1, -0.05) is 84.6 Å². The molecule has 1 atom stereocenters. The van der Waals surface area contributed by atoms with Crippen molar-refractivity contribution in [2.45, 2.75) is 17.2 Å². The lowest BCUT2D eigenvalue weighted by atomic mass is 9.94. The zero-order chi connectivity index (χ0) is 19.6. The summed E-state index contributed by atoms with van der Waals surface area (Å²) in [6, 6.07) is 29.1. The summed E-state index contributed by atoms with van der Waals surface area (Å²) < 4.78 is 5.88. The number of carbonyl (C=O) groups is 1. The molecule has 3 rings (SSSR count). The van der Waals surface area contributed by atoms with Crippen molar-refractivity contribution in [3.8, 4) is 0 Å². The average molecular weight is 387 g/mol. The lowest BCUT2D eigenvalue weighted by molar-refractivity contribution is 0.0606. The van der Waals surface area contributed by atoms with Crippen LogP contribution in [0.5, 0.6) is 0 Å². The number of allylic oxidation sites excluding steroid dienone is 2. The summed E-state index contributed by atoms with van der Waals surface area (Å²) in [5.41, 5.74) is 1.62.